The number of rotatable bonds is 4. The van der Waals surface area contributed by atoms with Crippen LogP contribution >= 0.6 is 0 Å². The topological polar surface area (TPSA) is 92.8 Å². The zero-order valence-corrected chi connectivity index (χ0v) is 9.93. The van der Waals surface area contributed by atoms with E-state index in [1.165, 1.54) is 0 Å². The number of nitrogens with two attached hydrogens (primary N) is 1. The zero-order valence-electron chi connectivity index (χ0n) is 9.93. The van der Waals surface area contributed by atoms with Gasteiger partial charge in [0.2, 0.25) is 0 Å². The lowest BCUT2D eigenvalue weighted by Crippen LogP contribution is -2.29. The third kappa shape index (κ3) is 3.44. The number of benzene rings is 1. The van der Waals surface area contributed by atoms with Gasteiger partial charge in [0.05, 0.1) is 13.2 Å². The number of primary amides is 1. The maximum absolute atomic E-state index is 10.8. The fourth-order valence-electron chi connectivity index (χ4n) is 1.60. The molecule has 0 unspecified atom stereocenters. The minimum Gasteiger partial charge on any atom is -0.439 e. The maximum atomic E-state index is 10.8. The highest BCUT2D eigenvalue weighted by Gasteiger charge is 2.25. The third-order valence-electron chi connectivity index (χ3n) is 2.47. The van der Waals surface area contributed by atoms with Crippen molar-refractivity contribution in [2.75, 3.05) is 0 Å². The van der Waals surface area contributed by atoms with Crippen molar-refractivity contribution >= 4 is 6.09 Å². The summed E-state index contributed by atoms with van der Waals surface area (Å²) in [6, 6.07) is 5.11. The average Bonchev–Trinajstić information content (AvgIpc) is 2.26. The van der Waals surface area contributed by atoms with E-state index >= 15 is 0 Å². The molecule has 0 aliphatic heterocycles. The summed E-state index contributed by atoms with van der Waals surface area (Å²) < 4.78 is 5.00. The van der Waals surface area contributed by atoms with Gasteiger partial charge in [0, 0.05) is 0 Å². The van der Waals surface area contributed by atoms with E-state index < -0.39 is 11.7 Å². The van der Waals surface area contributed by atoms with Gasteiger partial charge in [0.15, 0.2) is 0 Å². The average molecular weight is 239 g/mol. The quantitative estimate of drug-likeness (QED) is 0.730. The van der Waals surface area contributed by atoms with Crippen LogP contribution in [-0.4, -0.2) is 16.3 Å². The van der Waals surface area contributed by atoms with E-state index in [2.05, 4.69) is 0 Å². The van der Waals surface area contributed by atoms with Crippen LogP contribution in [0.4, 0.5) is 4.79 Å². The van der Waals surface area contributed by atoms with Crippen molar-refractivity contribution in [3.63, 3.8) is 0 Å². The Balaban J connectivity index is 3.15. The minimum atomic E-state index is -0.902. The standard InChI is InChI=1S/C12H17NO4/c1-12(2,17-11(13)16)10-4-8(6-14)3-9(5-10)7-15/h3-5,14-15H,6-7H2,1-2H3,(H2,13,16). The third-order valence-corrected chi connectivity index (χ3v) is 2.47. The van der Waals surface area contributed by atoms with Crippen LogP contribution in [0.3, 0.4) is 0 Å². The summed E-state index contributed by atoms with van der Waals surface area (Å²) in [5, 5.41) is 18.2. The Hall–Kier alpha value is -1.59. The number of aliphatic hydroxyl groups excluding tert-OH is 2. The molecule has 0 aliphatic carbocycles. The summed E-state index contributed by atoms with van der Waals surface area (Å²) in [4.78, 5) is 10.8. The van der Waals surface area contributed by atoms with E-state index in [0.717, 1.165) is 0 Å². The van der Waals surface area contributed by atoms with Gasteiger partial charge in [-0.1, -0.05) is 6.07 Å². The molecule has 0 aliphatic rings. The fourth-order valence-corrected chi connectivity index (χ4v) is 1.60. The smallest absolute Gasteiger partial charge is 0.405 e. The van der Waals surface area contributed by atoms with Gasteiger partial charge in [-0.2, -0.15) is 0 Å². The highest BCUT2D eigenvalue weighted by atomic mass is 16.6. The molecule has 0 atom stereocenters. The highest BCUT2D eigenvalue weighted by molar-refractivity contribution is 5.65. The summed E-state index contributed by atoms with van der Waals surface area (Å²) in [6.45, 7) is 3.09. The molecule has 1 amide bonds. The predicted octanol–water partition coefficient (Wildman–Crippen LogP) is 1.00. The van der Waals surface area contributed by atoms with Gasteiger partial charge < -0.3 is 20.7 Å². The van der Waals surface area contributed by atoms with Crippen LogP contribution in [0, 0.1) is 0 Å². The number of hydrogen-bond acceptors (Lipinski definition) is 4. The lowest BCUT2D eigenvalue weighted by molar-refractivity contribution is 0.0430. The maximum Gasteiger partial charge on any atom is 0.405 e. The van der Waals surface area contributed by atoms with E-state index in [4.69, 9.17) is 20.7 Å². The highest BCUT2D eigenvalue weighted by Crippen LogP contribution is 2.26. The number of amides is 1. The molecule has 17 heavy (non-hydrogen) atoms. The Morgan fingerprint density at radius 2 is 1.71 bits per heavy atom. The molecule has 1 aromatic rings. The van der Waals surface area contributed by atoms with E-state index in [1.54, 1.807) is 32.0 Å². The van der Waals surface area contributed by atoms with Gasteiger partial charge >= 0.3 is 6.09 Å². The lowest BCUT2D eigenvalue weighted by atomic mass is 9.94. The Bertz CT molecular complexity index is 393. The number of hydrogen-bond donors (Lipinski definition) is 3. The summed E-state index contributed by atoms with van der Waals surface area (Å²) >= 11 is 0. The number of aliphatic hydroxyl groups is 2. The van der Waals surface area contributed by atoms with Crippen molar-refractivity contribution in [3.8, 4) is 0 Å². The molecule has 0 fully saturated rings. The normalized spacial score (nSPS) is 11.3. The zero-order chi connectivity index (χ0) is 13.1. The van der Waals surface area contributed by atoms with Crippen LogP contribution in [0.2, 0.25) is 0 Å². The van der Waals surface area contributed by atoms with E-state index in [9.17, 15) is 4.79 Å². The first kappa shape index (κ1) is 13.5. The second kappa shape index (κ2) is 5.16. The first-order chi connectivity index (χ1) is 7.89. The molecule has 0 bridgehead atoms. The molecular weight excluding hydrogens is 222 g/mol. The molecule has 1 aromatic carbocycles. The minimum absolute atomic E-state index is 0.145. The van der Waals surface area contributed by atoms with Crippen molar-refractivity contribution in [2.24, 2.45) is 5.73 Å². The van der Waals surface area contributed by atoms with E-state index in [-0.39, 0.29) is 13.2 Å². The molecule has 0 saturated carbocycles. The van der Waals surface area contributed by atoms with Gasteiger partial charge in [-0.15, -0.1) is 0 Å². The molecule has 0 radical (unpaired) electrons. The molecule has 0 spiro atoms. The van der Waals surface area contributed by atoms with Crippen LogP contribution < -0.4 is 5.73 Å². The van der Waals surface area contributed by atoms with Gasteiger partial charge in [-0.05, 0) is 42.7 Å². The molecule has 5 heteroatoms. The van der Waals surface area contributed by atoms with Crippen LogP contribution in [0.25, 0.3) is 0 Å². The number of carbonyl (C=O) groups is 1. The van der Waals surface area contributed by atoms with Crippen molar-refractivity contribution in [3.05, 3.63) is 34.9 Å². The van der Waals surface area contributed by atoms with E-state index in [0.29, 0.717) is 16.7 Å². The monoisotopic (exact) mass is 239 g/mol. The Morgan fingerprint density at radius 1 is 1.24 bits per heavy atom. The first-order valence-electron chi connectivity index (χ1n) is 5.22. The van der Waals surface area contributed by atoms with Gasteiger partial charge in [-0.3, -0.25) is 0 Å². The largest absolute Gasteiger partial charge is 0.439 e. The van der Waals surface area contributed by atoms with Gasteiger partial charge in [-0.25, -0.2) is 4.79 Å². The number of ether oxygens (including phenoxy) is 1. The molecule has 0 heterocycles. The molecule has 5 nitrogen and oxygen atoms in total. The predicted molar refractivity (Wildman–Crippen MR) is 62.0 cm³/mol. The first-order valence-corrected chi connectivity index (χ1v) is 5.22. The van der Waals surface area contributed by atoms with Crippen LogP contribution in [-0.2, 0) is 23.6 Å². The van der Waals surface area contributed by atoms with Gasteiger partial charge in [0.25, 0.3) is 0 Å². The van der Waals surface area contributed by atoms with Crippen LogP contribution in [0.15, 0.2) is 18.2 Å². The molecule has 4 N–H and O–H groups in total. The Labute approximate surface area is 99.8 Å². The number of carbonyl (C=O) groups excluding carboxylic acids is 1. The second-order valence-corrected chi connectivity index (χ2v) is 4.29. The van der Waals surface area contributed by atoms with Crippen molar-refractivity contribution in [1.29, 1.82) is 0 Å². The summed E-state index contributed by atoms with van der Waals surface area (Å²) in [5.41, 5.74) is 6.06. The SMILES string of the molecule is CC(C)(OC(N)=O)c1cc(CO)cc(CO)c1. The summed E-state index contributed by atoms with van der Waals surface area (Å²) in [6.07, 6.45) is -0.866. The summed E-state index contributed by atoms with van der Waals surface area (Å²) in [5.74, 6) is 0. The molecule has 1 rings (SSSR count). The van der Waals surface area contributed by atoms with Gasteiger partial charge in [0.1, 0.15) is 5.60 Å². The molecule has 94 valence electrons. The van der Waals surface area contributed by atoms with Crippen molar-refractivity contribution < 1.29 is 19.7 Å². The second-order valence-electron chi connectivity index (χ2n) is 4.29. The van der Waals surface area contributed by atoms with Crippen LogP contribution in [0.5, 0.6) is 0 Å². The lowest BCUT2D eigenvalue weighted by Gasteiger charge is -2.25. The fraction of sp³-hybridized carbons (Fsp3) is 0.417. The Morgan fingerprint density at radius 3 is 2.06 bits per heavy atom. The molecule has 0 saturated heterocycles. The molecular formula is C12H17NO4. The van der Waals surface area contributed by atoms with E-state index in [1.807, 2.05) is 0 Å². The van der Waals surface area contributed by atoms with Crippen LogP contribution in [0.1, 0.15) is 30.5 Å². The molecule has 0 aromatic heterocycles. The van der Waals surface area contributed by atoms with Crippen molar-refractivity contribution in [1.82, 2.24) is 0 Å². The van der Waals surface area contributed by atoms with Crippen molar-refractivity contribution in [2.45, 2.75) is 32.7 Å². The Kier molecular flexibility index (Phi) is 4.09. The summed E-state index contributed by atoms with van der Waals surface area (Å²) in [7, 11) is 0.